The predicted molar refractivity (Wildman–Crippen MR) is 154 cm³/mol. The van der Waals surface area contributed by atoms with Crippen LogP contribution in [0.25, 0.3) is 22.1 Å². The molecule has 0 spiro atoms. The van der Waals surface area contributed by atoms with Crippen LogP contribution in [-0.2, 0) is 22.6 Å². The molecule has 0 unspecified atom stereocenters. The zero-order valence-corrected chi connectivity index (χ0v) is 22.2. The molecule has 41 heavy (non-hydrogen) atoms. The highest BCUT2D eigenvalue weighted by Crippen LogP contribution is 2.31. The van der Waals surface area contributed by atoms with Crippen molar-refractivity contribution in [2.24, 2.45) is 0 Å². The molecule has 5 rings (SSSR count). The first-order valence-corrected chi connectivity index (χ1v) is 12.9. The van der Waals surface area contributed by atoms with Gasteiger partial charge in [-0.25, -0.2) is 14.4 Å². The summed E-state index contributed by atoms with van der Waals surface area (Å²) in [6.45, 7) is 0.0556. The minimum Gasteiger partial charge on any atom is -0.497 e. The second-order valence-corrected chi connectivity index (χ2v) is 9.24. The Labute approximate surface area is 236 Å². The molecule has 0 radical (unpaired) electrons. The lowest BCUT2D eigenvalue weighted by atomic mass is 10.0. The summed E-state index contributed by atoms with van der Waals surface area (Å²) < 4.78 is 21.6. The van der Waals surface area contributed by atoms with E-state index in [-0.39, 0.29) is 24.4 Å². The summed E-state index contributed by atoms with van der Waals surface area (Å²) in [7, 11) is 1.58. The quantitative estimate of drug-likeness (QED) is 0.138. The molecule has 0 aliphatic heterocycles. The smallest absolute Gasteiger partial charge is 0.408 e. The molecule has 1 aromatic heterocycles. The Kier molecular flexibility index (Phi) is 8.40. The number of benzene rings is 4. The number of hydrogen-bond donors (Lipinski definition) is 1. The van der Waals surface area contributed by atoms with Gasteiger partial charge in [0.15, 0.2) is 0 Å². The average molecular weight is 550 g/mol. The van der Waals surface area contributed by atoms with Crippen LogP contribution in [0.3, 0.4) is 0 Å². The fourth-order valence-corrected chi connectivity index (χ4v) is 4.35. The zero-order chi connectivity index (χ0) is 28.6. The number of carbonyl (C=O) groups excluding carboxylic acids is 2. The van der Waals surface area contributed by atoms with Gasteiger partial charge in [0.1, 0.15) is 29.7 Å². The van der Waals surface area contributed by atoms with Crippen molar-refractivity contribution in [1.82, 2.24) is 5.32 Å². The third-order valence-electron chi connectivity index (χ3n) is 6.41. The van der Waals surface area contributed by atoms with Gasteiger partial charge in [0.05, 0.1) is 7.11 Å². The molecule has 206 valence electrons. The Morgan fingerprint density at radius 1 is 0.805 bits per heavy atom. The Hall–Kier alpha value is -5.37. The number of esters is 1. The van der Waals surface area contributed by atoms with Gasteiger partial charge in [-0.1, -0.05) is 72.8 Å². The first-order valence-electron chi connectivity index (χ1n) is 12.9. The predicted octanol–water partition coefficient (Wildman–Crippen LogP) is 5.91. The number of amides is 1. The van der Waals surface area contributed by atoms with Crippen LogP contribution in [0, 0.1) is 0 Å². The van der Waals surface area contributed by atoms with Gasteiger partial charge in [-0.15, -0.1) is 0 Å². The molecule has 1 amide bonds. The molecule has 0 saturated carbocycles. The van der Waals surface area contributed by atoms with Gasteiger partial charge in [0, 0.05) is 23.9 Å². The Balaban J connectivity index is 1.35. The van der Waals surface area contributed by atoms with E-state index in [0.29, 0.717) is 16.7 Å². The van der Waals surface area contributed by atoms with E-state index < -0.39 is 23.7 Å². The third-order valence-corrected chi connectivity index (χ3v) is 6.41. The van der Waals surface area contributed by atoms with Crippen molar-refractivity contribution in [3.8, 4) is 22.6 Å². The molecule has 1 atom stereocenters. The fourth-order valence-electron chi connectivity index (χ4n) is 4.35. The lowest BCUT2D eigenvalue weighted by Gasteiger charge is -2.18. The summed E-state index contributed by atoms with van der Waals surface area (Å²) >= 11 is 0. The number of fused-ring (bicyclic) bond motifs is 1. The largest absolute Gasteiger partial charge is 0.497 e. The monoisotopic (exact) mass is 549 g/mol. The second kappa shape index (κ2) is 12.7. The minimum atomic E-state index is -1.03. The molecule has 0 bridgehead atoms. The van der Waals surface area contributed by atoms with Crippen molar-refractivity contribution < 1.29 is 28.2 Å². The van der Waals surface area contributed by atoms with E-state index in [1.54, 1.807) is 31.4 Å². The molecule has 0 aliphatic rings. The van der Waals surface area contributed by atoms with Crippen LogP contribution in [0.5, 0.6) is 11.5 Å². The first kappa shape index (κ1) is 27.2. The standard InChI is InChI=1S/C33H27NO7/c1-38-25-14-12-24(13-15-25)28-20-31(35)41-30-19-26(16-17-27(28)30)40-32(36)29(18-22-8-4-2-5-9-22)34-33(37)39-21-23-10-6-3-7-11-23/h2-17,19-20,29H,18,21H2,1H3,(H,34,37)/t29-/m0/s1. The topological polar surface area (TPSA) is 104 Å². The van der Waals surface area contributed by atoms with Gasteiger partial charge < -0.3 is 23.9 Å². The fraction of sp³-hybridized carbons (Fsp3) is 0.121. The van der Waals surface area contributed by atoms with Gasteiger partial charge in [-0.3, -0.25) is 0 Å². The molecular weight excluding hydrogens is 522 g/mol. The highest BCUT2D eigenvalue weighted by molar-refractivity contribution is 5.94. The van der Waals surface area contributed by atoms with Crippen molar-refractivity contribution in [3.63, 3.8) is 0 Å². The number of rotatable bonds is 9. The van der Waals surface area contributed by atoms with Crippen LogP contribution in [0.4, 0.5) is 4.79 Å². The zero-order valence-electron chi connectivity index (χ0n) is 22.2. The van der Waals surface area contributed by atoms with Gasteiger partial charge in [0.2, 0.25) is 0 Å². The van der Waals surface area contributed by atoms with Gasteiger partial charge in [-0.2, -0.15) is 0 Å². The second-order valence-electron chi connectivity index (χ2n) is 9.24. The molecule has 0 fully saturated rings. The Bertz CT molecular complexity index is 1700. The minimum absolute atomic E-state index is 0.0556. The molecule has 0 aliphatic carbocycles. The van der Waals surface area contributed by atoms with Gasteiger partial charge in [-0.05, 0) is 46.5 Å². The number of ether oxygens (including phenoxy) is 3. The maximum atomic E-state index is 13.3. The normalized spacial score (nSPS) is 11.4. The van der Waals surface area contributed by atoms with E-state index >= 15 is 0 Å². The van der Waals surface area contributed by atoms with Crippen LogP contribution in [-0.4, -0.2) is 25.2 Å². The van der Waals surface area contributed by atoms with Crippen LogP contribution >= 0.6 is 0 Å². The molecule has 1 heterocycles. The van der Waals surface area contributed by atoms with Crippen LogP contribution in [0.15, 0.2) is 118 Å². The van der Waals surface area contributed by atoms with Crippen molar-refractivity contribution in [2.75, 3.05) is 7.11 Å². The highest BCUT2D eigenvalue weighted by Gasteiger charge is 2.25. The van der Waals surface area contributed by atoms with Crippen LogP contribution < -0.4 is 20.4 Å². The van der Waals surface area contributed by atoms with Gasteiger partial charge in [0.25, 0.3) is 0 Å². The summed E-state index contributed by atoms with van der Waals surface area (Å²) in [4.78, 5) is 38.3. The maximum Gasteiger partial charge on any atom is 0.408 e. The molecule has 8 heteroatoms. The molecule has 1 N–H and O–H groups in total. The number of carbonyl (C=O) groups is 2. The van der Waals surface area contributed by atoms with E-state index in [0.717, 1.165) is 16.7 Å². The maximum absolute atomic E-state index is 13.3. The lowest BCUT2D eigenvalue weighted by Crippen LogP contribution is -2.44. The SMILES string of the molecule is COc1ccc(-c2cc(=O)oc3cc(OC(=O)[C@H](Cc4ccccc4)NC(=O)OCc4ccccc4)ccc23)cc1. The Morgan fingerprint density at radius 3 is 2.15 bits per heavy atom. The van der Waals surface area contributed by atoms with E-state index in [1.807, 2.05) is 72.8 Å². The highest BCUT2D eigenvalue weighted by atomic mass is 16.6. The van der Waals surface area contributed by atoms with Gasteiger partial charge >= 0.3 is 17.7 Å². The molecule has 8 nitrogen and oxygen atoms in total. The number of methoxy groups -OCH3 is 1. The van der Waals surface area contributed by atoms with E-state index in [9.17, 15) is 14.4 Å². The van der Waals surface area contributed by atoms with Crippen molar-refractivity contribution in [1.29, 1.82) is 0 Å². The summed E-state index contributed by atoms with van der Waals surface area (Å²) in [5, 5.41) is 3.29. The summed E-state index contributed by atoms with van der Waals surface area (Å²) in [6.07, 6.45) is -0.565. The lowest BCUT2D eigenvalue weighted by molar-refractivity contribution is -0.136. The summed E-state index contributed by atoms with van der Waals surface area (Å²) in [5.74, 6) is 0.159. The third kappa shape index (κ3) is 6.99. The molecule has 4 aromatic carbocycles. The van der Waals surface area contributed by atoms with Crippen molar-refractivity contribution >= 4 is 23.0 Å². The van der Waals surface area contributed by atoms with Crippen LogP contribution in [0.2, 0.25) is 0 Å². The van der Waals surface area contributed by atoms with Crippen LogP contribution in [0.1, 0.15) is 11.1 Å². The van der Waals surface area contributed by atoms with Crippen molar-refractivity contribution in [3.05, 3.63) is 131 Å². The molecular formula is C33H27NO7. The molecule has 5 aromatic rings. The Morgan fingerprint density at radius 2 is 1.46 bits per heavy atom. The summed E-state index contributed by atoms with van der Waals surface area (Å²) in [5.41, 5.74) is 2.82. The van der Waals surface area contributed by atoms with E-state index in [1.165, 1.54) is 12.1 Å². The van der Waals surface area contributed by atoms with E-state index in [2.05, 4.69) is 5.32 Å². The summed E-state index contributed by atoms with van der Waals surface area (Å²) in [6, 6.07) is 31.0. The average Bonchev–Trinajstić information content (AvgIpc) is 3.00. The number of nitrogens with one attached hydrogen (secondary N) is 1. The molecule has 0 saturated heterocycles. The van der Waals surface area contributed by atoms with E-state index in [4.69, 9.17) is 18.6 Å². The first-order chi connectivity index (χ1) is 20.0. The number of alkyl carbamates (subject to hydrolysis) is 1. The number of hydrogen-bond acceptors (Lipinski definition) is 7. The van der Waals surface area contributed by atoms with Crippen molar-refractivity contribution in [2.45, 2.75) is 19.1 Å².